The standard InChI is InChI=1S/C22H29N3O2S/c1-17(26)23-20(21-7-6-14-28-21)15-22(27)24(2)16-18-8-10-19(11-9-18)25-12-4-3-5-13-25/h6-11,14,20H,3-5,12-13,15-16H2,1-2H3,(H,23,26). The summed E-state index contributed by atoms with van der Waals surface area (Å²) in [6.45, 7) is 4.31. The quantitative estimate of drug-likeness (QED) is 0.767. The minimum absolute atomic E-state index is 0.0206. The number of carbonyl (C=O) groups is 2. The third-order valence-electron chi connectivity index (χ3n) is 5.15. The third kappa shape index (κ3) is 5.58. The topological polar surface area (TPSA) is 52.7 Å². The van der Waals surface area contributed by atoms with Gasteiger partial charge in [-0.15, -0.1) is 11.3 Å². The number of rotatable bonds is 7. The second-order valence-electron chi connectivity index (χ2n) is 7.44. The number of hydrogen-bond acceptors (Lipinski definition) is 4. The summed E-state index contributed by atoms with van der Waals surface area (Å²) in [5, 5.41) is 4.85. The number of carbonyl (C=O) groups excluding carboxylic acids is 2. The molecule has 1 aliphatic rings. The van der Waals surface area contributed by atoms with Crippen LogP contribution in [0.25, 0.3) is 0 Å². The molecule has 1 aromatic carbocycles. The van der Waals surface area contributed by atoms with Gasteiger partial charge >= 0.3 is 0 Å². The zero-order valence-corrected chi connectivity index (χ0v) is 17.5. The first-order chi connectivity index (χ1) is 13.5. The molecule has 1 fully saturated rings. The van der Waals surface area contributed by atoms with Crippen molar-refractivity contribution in [3.63, 3.8) is 0 Å². The SMILES string of the molecule is CC(=O)NC(CC(=O)N(C)Cc1ccc(N2CCCCC2)cc1)c1cccs1. The smallest absolute Gasteiger partial charge is 0.225 e. The van der Waals surface area contributed by atoms with Gasteiger partial charge in [0.2, 0.25) is 11.8 Å². The lowest BCUT2D eigenvalue weighted by molar-refractivity contribution is -0.131. The van der Waals surface area contributed by atoms with Crippen LogP contribution in [0.1, 0.15) is 49.1 Å². The summed E-state index contributed by atoms with van der Waals surface area (Å²) in [5.74, 6) is -0.102. The Hall–Kier alpha value is -2.34. The van der Waals surface area contributed by atoms with Crippen molar-refractivity contribution >= 4 is 28.8 Å². The minimum atomic E-state index is -0.270. The predicted molar refractivity (Wildman–Crippen MR) is 114 cm³/mol. The van der Waals surface area contributed by atoms with Crippen molar-refractivity contribution in [2.24, 2.45) is 0 Å². The molecule has 28 heavy (non-hydrogen) atoms. The molecule has 0 bridgehead atoms. The van der Waals surface area contributed by atoms with Crippen LogP contribution >= 0.6 is 11.3 Å². The Bertz CT molecular complexity index is 768. The van der Waals surface area contributed by atoms with E-state index in [0.29, 0.717) is 6.54 Å². The predicted octanol–water partition coefficient (Wildman–Crippen LogP) is 3.96. The van der Waals surface area contributed by atoms with Crippen molar-refractivity contribution in [3.8, 4) is 0 Å². The minimum Gasteiger partial charge on any atom is -0.372 e. The number of hydrogen-bond donors (Lipinski definition) is 1. The van der Waals surface area contributed by atoms with Crippen molar-refractivity contribution < 1.29 is 9.59 Å². The molecule has 2 heterocycles. The van der Waals surface area contributed by atoms with E-state index in [9.17, 15) is 9.59 Å². The molecule has 1 unspecified atom stereocenters. The first-order valence-corrected chi connectivity index (χ1v) is 10.8. The van der Waals surface area contributed by atoms with Crippen LogP contribution in [0.5, 0.6) is 0 Å². The Morgan fingerprint density at radius 1 is 1.14 bits per heavy atom. The zero-order chi connectivity index (χ0) is 19.9. The highest BCUT2D eigenvalue weighted by molar-refractivity contribution is 7.10. The first kappa shape index (κ1) is 20.4. The van der Waals surface area contributed by atoms with Gasteiger partial charge in [0.05, 0.1) is 12.5 Å². The molecule has 1 aromatic heterocycles. The number of piperidine rings is 1. The van der Waals surface area contributed by atoms with Gasteiger partial charge in [-0.25, -0.2) is 0 Å². The fourth-order valence-corrected chi connectivity index (χ4v) is 4.39. The van der Waals surface area contributed by atoms with Gasteiger partial charge in [0.1, 0.15) is 0 Å². The lowest BCUT2D eigenvalue weighted by atomic mass is 10.1. The van der Waals surface area contributed by atoms with Gasteiger partial charge in [0, 0.05) is 44.2 Å². The second kappa shape index (κ2) is 9.73. The van der Waals surface area contributed by atoms with Gasteiger partial charge in [-0.1, -0.05) is 18.2 Å². The fourth-order valence-electron chi connectivity index (χ4n) is 3.61. The highest BCUT2D eigenvalue weighted by Gasteiger charge is 2.20. The normalized spacial score (nSPS) is 15.1. The number of nitrogens with zero attached hydrogens (tertiary/aromatic N) is 2. The van der Waals surface area contributed by atoms with E-state index in [1.807, 2.05) is 24.6 Å². The van der Waals surface area contributed by atoms with Crippen molar-refractivity contribution in [3.05, 3.63) is 52.2 Å². The van der Waals surface area contributed by atoms with E-state index in [1.165, 1.54) is 31.9 Å². The summed E-state index contributed by atoms with van der Waals surface area (Å²) in [4.78, 5) is 29.4. The highest BCUT2D eigenvalue weighted by atomic mass is 32.1. The summed E-state index contributed by atoms with van der Waals surface area (Å²) in [7, 11) is 1.82. The molecule has 0 saturated carbocycles. The molecule has 1 N–H and O–H groups in total. The number of benzene rings is 1. The average Bonchev–Trinajstić information content (AvgIpc) is 3.23. The monoisotopic (exact) mass is 399 g/mol. The summed E-state index contributed by atoms with van der Waals surface area (Å²) in [5.41, 5.74) is 2.38. The molecule has 1 saturated heterocycles. The van der Waals surface area contributed by atoms with E-state index < -0.39 is 0 Å². The third-order valence-corrected chi connectivity index (χ3v) is 6.13. The van der Waals surface area contributed by atoms with Crippen LogP contribution < -0.4 is 10.2 Å². The molecule has 0 spiro atoms. The van der Waals surface area contributed by atoms with Crippen molar-refractivity contribution in [2.45, 2.75) is 45.2 Å². The number of anilines is 1. The Morgan fingerprint density at radius 3 is 2.46 bits per heavy atom. The van der Waals surface area contributed by atoms with E-state index in [1.54, 1.807) is 16.2 Å². The zero-order valence-electron chi connectivity index (χ0n) is 16.7. The molecule has 1 atom stereocenters. The largest absolute Gasteiger partial charge is 0.372 e. The van der Waals surface area contributed by atoms with Gasteiger partial charge in [-0.3, -0.25) is 9.59 Å². The molecule has 0 aliphatic carbocycles. The van der Waals surface area contributed by atoms with Gasteiger partial charge < -0.3 is 15.1 Å². The molecule has 0 radical (unpaired) electrons. The average molecular weight is 400 g/mol. The Kier molecular flexibility index (Phi) is 7.09. The highest BCUT2D eigenvalue weighted by Crippen LogP contribution is 2.24. The van der Waals surface area contributed by atoms with Crippen LogP contribution in [0.2, 0.25) is 0 Å². The molecule has 1 aliphatic heterocycles. The molecule has 2 amide bonds. The summed E-state index contributed by atoms with van der Waals surface area (Å²) in [6.07, 6.45) is 4.12. The number of nitrogens with one attached hydrogen (secondary N) is 1. The molecule has 6 heteroatoms. The maximum atomic E-state index is 12.7. The van der Waals surface area contributed by atoms with Crippen LogP contribution in [0.15, 0.2) is 41.8 Å². The van der Waals surface area contributed by atoms with Crippen LogP contribution in [-0.2, 0) is 16.1 Å². The van der Waals surface area contributed by atoms with Gasteiger partial charge in [-0.05, 0) is 48.4 Å². The Balaban J connectivity index is 1.57. The molecular weight excluding hydrogens is 370 g/mol. The van der Waals surface area contributed by atoms with E-state index in [2.05, 4.69) is 34.5 Å². The molecule has 150 valence electrons. The van der Waals surface area contributed by atoms with E-state index in [0.717, 1.165) is 23.5 Å². The lowest BCUT2D eigenvalue weighted by Gasteiger charge is -2.29. The van der Waals surface area contributed by atoms with E-state index >= 15 is 0 Å². The van der Waals surface area contributed by atoms with Crippen LogP contribution in [0.3, 0.4) is 0 Å². The van der Waals surface area contributed by atoms with Crippen LogP contribution in [-0.4, -0.2) is 36.9 Å². The van der Waals surface area contributed by atoms with Gasteiger partial charge in [0.15, 0.2) is 0 Å². The Morgan fingerprint density at radius 2 is 1.86 bits per heavy atom. The van der Waals surface area contributed by atoms with Gasteiger partial charge in [0.25, 0.3) is 0 Å². The maximum absolute atomic E-state index is 12.7. The molecule has 2 aromatic rings. The van der Waals surface area contributed by atoms with Crippen molar-refractivity contribution in [1.29, 1.82) is 0 Å². The fraction of sp³-hybridized carbons (Fsp3) is 0.455. The summed E-state index contributed by atoms with van der Waals surface area (Å²) in [6, 6.07) is 12.2. The lowest BCUT2D eigenvalue weighted by Crippen LogP contribution is -2.33. The van der Waals surface area contributed by atoms with Gasteiger partial charge in [-0.2, -0.15) is 0 Å². The van der Waals surface area contributed by atoms with Crippen LogP contribution in [0.4, 0.5) is 5.69 Å². The van der Waals surface area contributed by atoms with Crippen LogP contribution in [0, 0.1) is 0 Å². The van der Waals surface area contributed by atoms with E-state index in [4.69, 9.17) is 0 Å². The molecular formula is C22H29N3O2S. The molecule has 3 rings (SSSR count). The van der Waals surface area contributed by atoms with Crippen molar-refractivity contribution in [1.82, 2.24) is 10.2 Å². The number of amides is 2. The summed E-state index contributed by atoms with van der Waals surface area (Å²) >= 11 is 1.56. The Labute approximate surface area is 171 Å². The maximum Gasteiger partial charge on any atom is 0.225 e. The van der Waals surface area contributed by atoms with E-state index in [-0.39, 0.29) is 24.3 Å². The molecule has 5 nitrogen and oxygen atoms in total. The van der Waals surface area contributed by atoms with Crippen molar-refractivity contribution in [2.75, 3.05) is 25.0 Å². The second-order valence-corrected chi connectivity index (χ2v) is 8.42. The number of thiophene rings is 1. The summed E-state index contributed by atoms with van der Waals surface area (Å²) < 4.78 is 0. The first-order valence-electron chi connectivity index (χ1n) is 9.91.